The van der Waals surface area contributed by atoms with Gasteiger partial charge in [-0.1, -0.05) is 115 Å². The van der Waals surface area contributed by atoms with Gasteiger partial charge in [0.15, 0.2) is 0 Å². The molecule has 0 radical (unpaired) electrons. The van der Waals surface area contributed by atoms with Gasteiger partial charge in [0.25, 0.3) is 0 Å². The lowest BCUT2D eigenvalue weighted by atomic mass is 9.99. The first-order valence-corrected chi connectivity index (χ1v) is 18.3. The fourth-order valence-corrected chi connectivity index (χ4v) is 8.88. The fourth-order valence-electron chi connectivity index (χ4n) is 8.88. The SMILES string of the molecule is N#Cc1cccc(-c2ccc(-n3c4ccccc4c4cccc(-n5c6ccccc6c6ccccc65)c43)cc2)c1-n1c2ccccc2c2c(C#N)cccc21. The van der Waals surface area contributed by atoms with Crippen molar-refractivity contribution >= 4 is 65.4 Å². The lowest BCUT2D eigenvalue weighted by Crippen LogP contribution is -2.02. The van der Waals surface area contributed by atoms with Crippen LogP contribution < -0.4 is 0 Å². The highest BCUT2D eigenvalue weighted by Crippen LogP contribution is 2.42. The maximum absolute atomic E-state index is 10.5. The standard InChI is InChI=1S/C50H29N5/c51-30-33-12-10-24-46-48(33)41-17-4-8-23-45(41)55(46)49-34(31-52)13-9-18-36(49)32-26-28-35(29-27-32)53-42-20-5-3-16-39(42)40-19-11-25-47(50(40)53)54-43-21-6-1-14-37(43)38-15-2-7-22-44(38)54/h1-29H. The van der Waals surface area contributed by atoms with Crippen LogP contribution in [0.25, 0.3) is 93.6 Å². The molecule has 0 spiro atoms. The molecule has 3 heterocycles. The quantitative estimate of drug-likeness (QED) is 0.184. The van der Waals surface area contributed by atoms with Crippen molar-refractivity contribution in [3.05, 3.63) is 187 Å². The third-order valence-corrected chi connectivity index (χ3v) is 11.1. The average molecular weight is 700 g/mol. The van der Waals surface area contributed by atoms with E-state index < -0.39 is 0 Å². The van der Waals surface area contributed by atoms with Gasteiger partial charge in [0.1, 0.15) is 6.07 Å². The molecule has 11 rings (SSSR count). The van der Waals surface area contributed by atoms with Crippen LogP contribution in [0.1, 0.15) is 11.1 Å². The normalized spacial score (nSPS) is 11.6. The Morgan fingerprint density at radius 3 is 1.51 bits per heavy atom. The highest BCUT2D eigenvalue weighted by Gasteiger charge is 2.22. The molecule has 55 heavy (non-hydrogen) atoms. The van der Waals surface area contributed by atoms with Crippen LogP contribution >= 0.6 is 0 Å². The van der Waals surface area contributed by atoms with Gasteiger partial charge < -0.3 is 13.7 Å². The molecule has 0 unspecified atom stereocenters. The summed E-state index contributed by atoms with van der Waals surface area (Å²) in [6.45, 7) is 0. The van der Waals surface area contributed by atoms with Gasteiger partial charge in [0.05, 0.1) is 61.7 Å². The third kappa shape index (κ3) is 4.33. The summed E-state index contributed by atoms with van der Waals surface area (Å²) in [5, 5.41) is 27.3. The summed E-state index contributed by atoms with van der Waals surface area (Å²) >= 11 is 0. The Labute approximate surface area is 316 Å². The molecular formula is C50H29N5. The average Bonchev–Trinajstić information content (AvgIpc) is 3.89. The highest BCUT2D eigenvalue weighted by molar-refractivity contribution is 6.15. The Balaban J connectivity index is 1.15. The second-order valence-electron chi connectivity index (χ2n) is 13.9. The summed E-state index contributed by atoms with van der Waals surface area (Å²) in [6, 6.07) is 65.9. The molecule has 0 saturated carbocycles. The predicted molar refractivity (Wildman–Crippen MR) is 224 cm³/mol. The van der Waals surface area contributed by atoms with E-state index in [-0.39, 0.29) is 0 Å². The number of para-hydroxylation sites is 6. The van der Waals surface area contributed by atoms with E-state index in [2.05, 4.69) is 159 Å². The summed E-state index contributed by atoms with van der Waals surface area (Å²) < 4.78 is 6.94. The van der Waals surface area contributed by atoms with Crippen molar-refractivity contribution in [1.29, 1.82) is 10.5 Å². The molecule has 0 bridgehead atoms. The molecule has 0 aliphatic carbocycles. The topological polar surface area (TPSA) is 62.4 Å². The van der Waals surface area contributed by atoms with Gasteiger partial charge in [-0.05, 0) is 66.2 Å². The van der Waals surface area contributed by atoms with Crippen LogP contribution in [0.4, 0.5) is 0 Å². The zero-order valence-corrected chi connectivity index (χ0v) is 29.5. The lowest BCUT2D eigenvalue weighted by molar-refractivity contribution is 1.13. The van der Waals surface area contributed by atoms with E-state index in [9.17, 15) is 10.5 Å². The molecule has 0 atom stereocenters. The third-order valence-electron chi connectivity index (χ3n) is 11.1. The van der Waals surface area contributed by atoms with Crippen molar-refractivity contribution in [2.45, 2.75) is 0 Å². The number of nitriles is 2. The molecule has 0 aliphatic rings. The van der Waals surface area contributed by atoms with Gasteiger partial charge >= 0.3 is 0 Å². The summed E-state index contributed by atoms with van der Waals surface area (Å²) in [7, 11) is 0. The summed E-state index contributed by atoms with van der Waals surface area (Å²) in [4.78, 5) is 0. The van der Waals surface area contributed by atoms with Gasteiger partial charge in [-0.15, -0.1) is 0 Å². The van der Waals surface area contributed by atoms with Crippen LogP contribution in [0.15, 0.2) is 176 Å². The van der Waals surface area contributed by atoms with Crippen LogP contribution in [0, 0.1) is 22.7 Å². The van der Waals surface area contributed by atoms with Crippen LogP contribution in [-0.2, 0) is 0 Å². The molecule has 254 valence electrons. The first-order valence-electron chi connectivity index (χ1n) is 18.3. The number of rotatable bonds is 4. The van der Waals surface area contributed by atoms with E-state index in [1.165, 1.54) is 32.6 Å². The molecule has 0 N–H and O–H groups in total. The van der Waals surface area contributed by atoms with E-state index >= 15 is 0 Å². The Morgan fingerprint density at radius 1 is 0.364 bits per heavy atom. The monoisotopic (exact) mass is 699 g/mol. The van der Waals surface area contributed by atoms with Crippen LogP contribution in [-0.4, -0.2) is 13.7 Å². The number of hydrogen-bond acceptors (Lipinski definition) is 2. The van der Waals surface area contributed by atoms with Gasteiger partial charge in [0.2, 0.25) is 0 Å². The second kappa shape index (κ2) is 11.8. The molecule has 5 nitrogen and oxygen atoms in total. The number of benzene rings is 8. The van der Waals surface area contributed by atoms with Gasteiger partial charge in [0, 0.05) is 43.6 Å². The van der Waals surface area contributed by atoms with Crippen LogP contribution in [0.3, 0.4) is 0 Å². The minimum atomic E-state index is 0.560. The number of hydrogen-bond donors (Lipinski definition) is 0. The Bertz CT molecular complexity index is 3400. The Morgan fingerprint density at radius 2 is 0.855 bits per heavy atom. The molecule has 5 heteroatoms. The molecule has 0 aliphatic heterocycles. The molecule has 0 saturated heterocycles. The zero-order chi connectivity index (χ0) is 36.6. The van der Waals surface area contributed by atoms with Crippen LogP contribution in [0.5, 0.6) is 0 Å². The fraction of sp³-hybridized carbons (Fsp3) is 0. The molecule has 3 aromatic heterocycles. The maximum Gasteiger partial charge on any atom is 0.101 e. The molecule has 11 aromatic rings. The maximum atomic E-state index is 10.5. The van der Waals surface area contributed by atoms with Crippen molar-refractivity contribution in [3.8, 4) is 40.3 Å². The van der Waals surface area contributed by atoms with E-state index in [1.54, 1.807) is 0 Å². The number of aromatic nitrogens is 3. The Hall–Kier alpha value is -7.86. The van der Waals surface area contributed by atoms with Gasteiger partial charge in [-0.2, -0.15) is 10.5 Å². The van der Waals surface area contributed by atoms with E-state index in [0.29, 0.717) is 11.1 Å². The summed E-state index contributed by atoms with van der Waals surface area (Å²) in [6.07, 6.45) is 0. The van der Waals surface area contributed by atoms with Crippen LogP contribution in [0.2, 0.25) is 0 Å². The first kappa shape index (κ1) is 30.7. The lowest BCUT2D eigenvalue weighted by Gasteiger charge is -2.17. The second-order valence-corrected chi connectivity index (χ2v) is 13.9. The van der Waals surface area contributed by atoms with Crippen molar-refractivity contribution in [1.82, 2.24) is 13.7 Å². The first-order chi connectivity index (χ1) is 27.2. The smallest absolute Gasteiger partial charge is 0.101 e. The number of nitrogens with zero attached hydrogens (tertiary/aromatic N) is 5. The number of fused-ring (bicyclic) bond motifs is 9. The predicted octanol–water partition coefficient (Wildman–Crippen LogP) is 12.4. The minimum Gasteiger partial charge on any atom is -0.307 e. The van der Waals surface area contributed by atoms with Crippen molar-refractivity contribution in [3.63, 3.8) is 0 Å². The van der Waals surface area contributed by atoms with Gasteiger partial charge in [-0.3, -0.25) is 0 Å². The molecule has 0 fully saturated rings. The van der Waals surface area contributed by atoms with Gasteiger partial charge in [-0.25, -0.2) is 0 Å². The van der Waals surface area contributed by atoms with Crippen molar-refractivity contribution in [2.24, 2.45) is 0 Å². The summed E-state index contributed by atoms with van der Waals surface area (Å²) in [5.74, 6) is 0. The van der Waals surface area contributed by atoms with E-state index in [4.69, 9.17) is 0 Å². The molecule has 8 aromatic carbocycles. The zero-order valence-electron chi connectivity index (χ0n) is 29.5. The van der Waals surface area contributed by atoms with E-state index in [1.807, 2.05) is 42.5 Å². The molecule has 0 amide bonds. The minimum absolute atomic E-state index is 0.560. The van der Waals surface area contributed by atoms with E-state index in [0.717, 1.165) is 61.0 Å². The summed E-state index contributed by atoms with van der Waals surface area (Å²) in [5.41, 5.74) is 12.5. The Kier molecular flexibility index (Phi) is 6.61. The molecular weight excluding hydrogens is 671 g/mol. The van der Waals surface area contributed by atoms with Crippen molar-refractivity contribution in [2.75, 3.05) is 0 Å². The highest BCUT2D eigenvalue weighted by atomic mass is 15.1. The van der Waals surface area contributed by atoms with Crippen molar-refractivity contribution < 1.29 is 0 Å². The largest absolute Gasteiger partial charge is 0.307 e.